The van der Waals surface area contributed by atoms with E-state index in [-0.39, 0.29) is 24.2 Å². The van der Waals surface area contributed by atoms with E-state index >= 15 is 0 Å². The molecule has 0 saturated heterocycles. The lowest BCUT2D eigenvalue weighted by molar-refractivity contribution is -0.121. The third kappa shape index (κ3) is 4.23. The summed E-state index contributed by atoms with van der Waals surface area (Å²) in [5.41, 5.74) is 0.999. The summed E-state index contributed by atoms with van der Waals surface area (Å²) in [6.45, 7) is 4.68. The largest absolute Gasteiger partial charge is 0.355 e. The molecular weight excluding hydrogens is 214 g/mol. The topological polar surface area (TPSA) is 65.8 Å². The van der Waals surface area contributed by atoms with Crippen LogP contribution in [0, 0.1) is 11.3 Å². The Morgan fingerprint density at radius 1 is 1.47 bits per heavy atom. The average Bonchev–Trinajstić information content (AvgIpc) is 2.35. The van der Waals surface area contributed by atoms with Crippen LogP contribution in [0.1, 0.15) is 32.3 Å². The number of nitrogens with one attached hydrogen (secondary N) is 1. The molecule has 90 valence electrons. The molecule has 0 unspecified atom stereocenters. The van der Waals surface area contributed by atoms with Crippen LogP contribution in [0.5, 0.6) is 0 Å². The van der Waals surface area contributed by atoms with Crippen molar-refractivity contribution in [3.63, 3.8) is 0 Å². The van der Waals surface area contributed by atoms with Gasteiger partial charge in [-0.05, 0) is 17.7 Å². The summed E-state index contributed by atoms with van der Waals surface area (Å²) in [7, 11) is 0. The van der Waals surface area contributed by atoms with Crippen molar-refractivity contribution in [2.45, 2.75) is 32.1 Å². The highest BCUT2D eigenvalue weighted by atomic mass is 16.1. The second kappa shape index (κ2) is 6.00. The van der Waals surface area contributed by atoms with Gasteiger partial charge in [0.25, 0.3) is 0 Å². The minimum atomic E-state index is -0.134. The lowest BCUT2D eigenvalue weighted by Crippen LogP contribution is -2.36. The van der Waals surface area contributed by atoms with Crippen LogP contribution in [-0.2, 0) is 10.2 Å². The van der Waals surface area contributed by atoms with Gasteiger partial charge < -0.3 is 5.32 Å². The van der Waals surface area contributed by atoms with Gasteiger partial charge in [-0.3, -0.25) is 9.78 Å². The molecule has 1 N–H and O–H groups in total. The first kappa shape index (κ1) is 13.2. The standard InChI is InChI=1S/C13H17N3O/c1-13(2,11-5-8-15-9-6-11)10-16-12(17)4-3-7-14/h5-6,8-9H,3-4,10H2,1-2H3,(H,16,17). The van der Waals surface area contributed by atoms with Crippen molar-refractivity contribution < 1.29 is 4.79 Å². The molecule has 4 nitrogen and oxygen atoms in total. The number of carbonyl (C=O) groups excluding carboxylic acids is 1. The number of carbonyl (C=O) groups is 1. The molecule has 4 heteroatoms. The molecule has 17 heavy (non-hydrogen) atoms. The lowest BCUT2D eigenvalue weighted by Gasteiger charge is -2.25. The quantitative estimate of drug-likeness (QED) is 0.840. The number of hydrogen-bond acceptors (Lipinski definition) is 3. The molecule has 0 atom stereocenters. The predicted molar refractivity (Wildman–Crippen MR) is 65.1 cm³/mol. The van der Waals surface area contributed by atoms with Gasteiger partial charge >= 0.3 is 0 Å². The zero-order valence-corrected chi connectivity index (χ0v) is 10.2. The summed E-state index contributed by atoms with van der Waals surface area (Å²) in [5.74, 6) is -0.0753. The van der Waals surface area contributed by atoms with Crippen LogP contribution in [0.2, 0.25) is 0 Å². The van der Waals surface area contributed by atoms with Gasteiger partial charge in [0.2, 0.25) is 5.91 Å². The third-order valence-corrected chi connectivity index (χ3v) is 2.65. The summed E-state index contributed by atoms with van der Waals surface area (Å²) in [5, 5.41) is 11.2. The van der Waals surface area contributed by atoms with Crippen LogP contribution in [0.3, 0.4) is 0 Å². The van der Waals surface area contributed by atoms with Gasteiger partial charge in [0.1, 0.15) is 0 Å². The predicted octanol–water partition coefficient (Wildman–Crippen LogP) is 1.78. The molecule has 0 spiro atoms. The molecule has 1 aromatic rings. The maximum absolute atomic E-state index is 11.4. The summed E-state index contributed by atoms with van der Waals surface area (Å²) in [6.07, 6.45) is 4.02. The first-order valence-corrected chi connectivity index (χ1v) is 5.60. The summed E-state index contributed by atoms with van der Waals surface area (Å²) < 4.78 is 0. The van der Waals surface area contributed by atoms with Gasteiger partial charge in [-0.15, -0.1) is 0 Å². The highest BCUT2D eigenvalue weighted by Gasteiger charge is 2.20. The highest BCUT2D eigenvalue weighted by Crippen LogP contribution is 2.21. The number of nitriles is 1. The zero-order valence-electron chi connectivity index (χ0n) is 10.2. The molecule has 0 aliphatic carbocycles. The van der Waals surface area contributed by atoms with Crippen molar-refractivity contribution in [1.82, 2.24) is 10.3 Å². The fourth-order valence-electron chi connectivity index (χ4n) is 1.48. The Kier molecular flexibility index (Phi) is 4.65. The maximum Gasteiger partial charge on any atom is 0.221 e. The Morgan fingerprint density at radius 3 is 2.71 bits per heavy atom. The van der Waals surface area contributed by atoms with E-state index in [1.807, 2.05) is 18.2 Å². The number of pyridine rings is 1. The van der Waals surface area contributed by atoms with Crippen LogP contribution in [0.4, 0.5) is 0 Å². The van der Waals surface area contributed by atoms with E-state index in [0.29, 0.717) is 6.54 Å². The highest BCUT2D eigenvalue weighted by molar-refractivity contribution is 5.76. The molecule has 1 amide bonds. The molecule has 0 radical (unpaired) electrons. The summed E-state index contributed by atoms with van der Waals surface area (Å²) in [6, 6.07) is 5.85. The van der Waals surface area contributed by atoms with Crippen molar-refractivity contribution >= 4 is 5.91 Å². The fraction of sp³-hybridized carbons (Fsp3) is 0.462. The van der Waals surface area contributed by atoms with Crippen LogP contribution in [0.15, 0.2) is 24.5 Å². The van der Waals surface area contributed by atoms with E-state index in [0.717, 1.165) is 5.56 Å². The molecule has 0 fully saturated rings. The average molecular weight is 231 g/mol. The maximum atomic E-state index is 11.4. The lowest BCUT2D eigenvalue weighted by atomic mass is 9.85. The molecule has 1 aromatic heterocycles. The van der Waals surface area contributed by atoms with Crippen molar-refractivity contribution in [3.05, 3.63) is 30.1 Å². The second-order valence-corrected chi connectivity index (χ2v) is 4.55. The number of amides is 1. The van der Waals surface area contributed by atoms with Crippen LogP contribution in [0.25, 0.3) is 0 Å². The van der Waals surface area contributed by atoms with Crippen LogP contribution >= 0.6 is 0 Å². The van der Waals surface area contributed by atoms with Gasteiger partial charge in [0.15, 0.2) is 0 Å². The zero-order chi connectivity index (χ0) is 12.7. The minimum Gasteiger partial charge on any atom is -0.355 e. The van der Waals surface area contributed by atoms with Crippen molar-refractivity contribution in [2.75, 3.05) is 6.54 Å². The molecule has 0 saturated carbocycles. The van der Waals surface area contributed by atoms with Gasteiger partial charge in [-0.1, -0.05) is 13.8 Å². The van der Waals surface area contributed by atoms with E-state index in [9.17, 15) is 4.79 Å². The van der Waals surface area contributed by atoms with Gasteiger partial charge in [-0.2, -0.15) is 5.26 Å². The smallest absolute Gasteiger partial charge is 0.221 e. The number of hydrogen-bond donors (Lipinski definition) is 1. The molecule has 0 aromatic carbocycles. The Morgan fingerprint density at radius 2 is 2.12 bits per heavy atom. The fourth-order valence-corrected chi connectivity index (χ4v) is 1.48. The van der Waals surface area contributed by atoms with E-state index in [2.05, 4.69) is 24.1 Å². The Balaban J connectivity index is 2.51. The van der Waals surface area contributed by atoms with E-state index in [1.54, 1.807) is 12.4 Å². The molecule has 1 heterocycles. The van der Waals surface area contributed by atoms with Gasteiger partial charge in [0.05, 0.1) is 6.07 Å². The van der Waals surface area contributed by atoms with Gasteiger partial charge in [0, 0.05) is 37.2 Å². The molecule has 0 bridgehead atoms. The molecule has 0 aliphatic rings. The normalized spacial score (nSPS) is 10.6. The molecular formula is C13H17N3O. The Bertz CT molecular complexity index is 406. The number of aromatic nitrogens is 1. The van der Waals surface area contributed by atoms with Crippen LogP contribution < -0.4 is 5.32 Å². The van der Waals surface area contributed by atoms with Crippen molar-refractivity contribution in [3.8, 4) is 6.07 Å². The van der Waals surface area contributed by atoms with E-state index in [1.165, 1.54) is 0 Å². The van der Waals surface area contributed by atoms with Crippen LogP contribution in [-0.4, -0.2) is 17.4 Å². The second-order valence-electron chi connectivity index (χ2n) is 4.55. The number of rotatable bonds is 5. The first-order valence-electron chi connectivity index (χ1n) is 5.60. The minimum absolute atomic E-state index is 0.0753. The van der Waals surface area contributed by atoms with E-state index < -0.39 is 0 Å². The molecule has 1 rings (SSSR count). The van der Waals surface area contributed by atoms with E-state index in [4.69, 9.17) is 5.26 Å². The SMILES string of the molecule is CC(C)(CNC(=O)CCC#N)c1ccncc1. The number of nitrogens with zero attached hydrogens (tertiary/aromatic N) is 2. The van der Waals surface area contributed by atoms with Gasteiger partial charge in [-0.25, -0.2) is 0 Å². The Hall–Kier alpha value is -1.89. The first-order chi connectivity index (χ1) is 8.06. The Labute approximate surface area is 102 Å². The third-order valence-electron chi connectivity index (χ3n) is 2.65. The monoisotopic (exact) mass is 231 g/mol. The summed E-state index contributed by atoms with van der Waals surface area (Å²) in [4.78, 5) is 15.4. The summed E-state index contributed by atoms with van der Waals surface area (Å²) >= 11 is 0. The van der Waals surface area contributed by atoms with Crippen molar-refractivity contribution in [1.29, 1.82) is 5.26 Å². The van der Waals surface area contributed by atoms with Crippen molar-refractivity contribution in [2.24, 2.45) is 0 Å². The molecule has 0 aliphatic heterocycles.